The Labute approximate surface area is 217 Å². The Morgan fingerprint density at radius 1 is 1.03 bits per heavy atom. The van der Waals surface area contributed by atoms with Crippen molar-refractivity contribution in [2.24, 2.45) is 46.3 Å². The highest BCUT2D eigenvalue weighted by atomic mass is 16.3. The number of amides is 1. The summed E-state index contributed by atoms with van der Waals surface area (Å²) in [5.74, 6) is 2.06. The molecule has 5 nitrogen and oxygen atoms in total. The van der Waals surface area contributed by atoms with E-state index in [-0.39, 0.29) is 41.0 Å². The van der Waals surface area contributed by atoms with Crippen LogP contribution in [0.3, 0.4) is 0 Å². The highest BCUT2D eigenvalue weighted by Crippen LogP contribution is 2.68. The number of para-hydroxylation sites is 1. The number of rotatable bonds is 5. The number of fused-ring (bicyclic) bond motifs is 5. The summed E-state index contributed by atoms with van der Waals surface area (Å²) in [7, 11) is 1.85. The van der Waals surface area contributed by atoms with Gasteiger partial charge in [-0.05, 0) is 110 Å². The summed E-state index contributed by atoms with van der Waals surface area (Å²) in [4.78, 5) is 14.7. The Morgan fingerprint density at radius 2 is 1.75 bits per heavy atom. The van der Waals surface area contributed by atoms with Gasteiger partial charge in [-0.1, -0.05) is 39.0 Å². The van der Waals surface area contributed by atoms with E-state index in [9.17, 15) is 20.1 Å². The number of hydrogen-bond acceptors (Lipinski definition) is 4. The average Bonchev–Trinajstić information content (AvgIpc) is 3.22. The van der Waals surface area contributed by atoms with Gasteiger partial charge >= 0.3 is 0 Å². The summed E-state index contributed by atoms with van der Waals surface area (Å²) in [5.41, 5.74) is 0.807. The van der Waals surface area contributed by atoms with E-state index >= 15 is 0 Å². The molecule has 11 atom stereocenters. The van der Waals surface area contributed by atoms with Crippen molar-refractivity contribution in [1.82, 2.24) is 0 Å². The predicted molar refractivity (Wildman–Crippen MR) is 142 cm³/mol. The Bertz CT molecular complexity index is 938. The van der Waals surface area contributed by atoms with E-state index in [0.29, 0.717) is 36.0 Å². The molecule has 0 heterocycles. The fraction of sp³-hybridized carbons (Fsp3) is 0.774. The molecule has 36 heavy (non-hydrogen) atoms. The molecule has 4 saturated carbocycles. The maximum Gasteiger partial charge on any atom is 0.226 e. The van der Waals surface area contributed by atoms with Crippen molar-refractivity contribution in [3.63, 3.8) is 0 Å². The van der Waals surface area contributed by atoms with Gasteiger partial charge in [-0.2, -0.15) is 0 Å². The van der Waals surface area contributed by atoms with Gasteiger partial charge < -0.3 is 20.2 Å². The molecule has 0 radical (unpaired) electrons. The van der Waals surface area contributed by atoms with Crippen LogP contribution >= 0.6 is 0 Å². The number of benzene rings is 1. The van der Waals surface area contributed by atoms with Crippen molar-refractivity contribution in [3.8, 4) is 0 Å². The van der Waals surface area contributed by atoms with Crippen molar-refractivity contribution in [3.05, 3.63) is 30.3 Å². The second kappa shape index (κ2) is 9.71. The molecule has 4 fully saturated rings. The molecular formula is C31H47NO4. The minimum absolute atomic E-state index is 0.101. The van der Waals surface area contributed by atoms with Crippen LogP contribution in [0, 0.1) is 46.3 Å². The van der Waals surface area contributed by atoms with E-state index in [1.54, 1.807) is 4.90 Å². The molecule has 0 aliphatic heterocycles. The maximum atomic E-state index is 12.9. The summed E-state index contributed by atoms with van der Waals surface area (Å²) < 4.78 is 0. The molecular weight excluding hydrogens is 450 g/mol. The minimum atomic E-state index is -0.379. The summed E-state index contributed by atoms with van der Waals surface area (Å²) >= 11 is 0. The molecule has 0 saturated heterocycles. The lowest BCUT2D eigenvalue weighted by Crippen LogP contribution is -2.62. The van der Waals surface area contributed by atoms with Crippen LogP contribution in [0.4, 0.5) is 5.69 Å². The normalized spacial score (nSPS) is 44.8. The van der Waals surface area contributed by atoms with Crippen molar-refractivity contribution < 1.29 is 20.1 Å². The van der Waals surface area contributed by atoms with Gasteiger partial charge in [0.2, 0.25) is 5.91 Å². The van der Waals surface area contributed by atoms with Gasteiger partial charge in [0.05, 0.1) is 18.3 Å². The van der Waals surface area contributed by atoms with Crippen LogP contribution in [0.1, 0.15) is 78.6 Å². The molecule has 0 aromatic heterocycles. The number of anilines is 1. The zero-order valence-electron chi connectivity index (χ0n) is 22.6. The Hall–Kier alpha value is -1.43. The first-order valence-electron chi connectivity index (χ1n) is 14.4. The maximum absolute atomic E-state index is 12.9. The van der Waals surface area contributed by atoms with Gasteiger partial charge in [0, 0.05) is 19.2 Å². The molecule has 1 aromatic rings. The average molecular weight is 498 g/mol. The fourth-order valence-electron chi connectivity index (χ4n) is 9.65. The van der Waals surface area contributed by atoms with Crippen molar-refractivity contribution in [2.45, 2.75) is 96.9 Å². The smallest absolute Gasteiger partial charge is 0.226 e. The topological polar surface area (TPSA) is 81.0 Å². The Balaban J connectivity index is 1.30. The lowest BCUT2D eigenvalue weighted by molar-refractivity contribution is -0.207. The lowest BCUT2D eigenvalue weighted by Gasteiger charge is -2.63. The Morgan fingerprint density at radius 3 is 2.47 bits per heavy atom. The highest BCUT2D eigenvalue weighted by Gasteiger charge is 2.65. The van der Waals surface area contributed by atoms with Gasteiger partial charge in [-0.15, -0.1) is 0 Å². The molecule has 1 aromatic carbocycles. The summed E-state index contributed by atoms with van der Waals surface area (Å²) in [6, 6.07) is 9.80. The number of carbonyl (C=O) groups is 1. The van der Waals surface area contributed by atoms with Gasteiger partial charge in [0.25, 0.3) is 0 Å². The second-order valence-corrected chi connectivity index (χ2v) is 13.3. The summed E-state index contributed by atoms with van der Waals surface area (Å²) in [6.45, 7) is 6.94. The molecule has 5 rings (SSSR count). The molecule has 0 bridgehead atoms. The van der Waals surface area contributed by atoms with Crippen LogP contribution in [0.15, 0.2) is 30.3 Å². The second-order valence-electron chi connectivity index (χ2n) is 13.3. The number of hydrogen-bond donors (Lipinski definition) is 3. The van der Waals surface area contributed by atoms with E-state index in [4.69, 9.17) is 0 Å². The zero-order valence-corrected chi connectivity index (χ0v) is 22.6. The molecule has 4 aliphatic rings. The zero-order chi connectivity index (χ0) is 25.8. The summed E-state index contributed by atoms with van der Waals surface area (Å²) in [5, 5.41) is 33.5. The van der Waals surface area contributed by atoms with Gasteiger partial charge in [0.15, 0.2) is 0 Å². The van der Waals surface area contributed by atoms with Crippen LogP contribution in [-0.2, 0) is 4.79 Å². The van der Waals surface area contributed by atoms with E-state index in [1.807, 2.05) is 37.4 Å². The SMILES string of the molecule is C[C@H](CCC(=O)N(C)c1ccccc1)[C@H]1CC[C@H]2[C@H]3C(C[C@H](O)[C@]12C)[C@@]1(C)CC[C@@H](O)C[C@H]1C[C@H]3O. The lowest BCUT2D eigenvalue weighted by atomic mass is 9.43. The number of aliphatic hydroxyl groups is 3. The molecule has 3 N–H and O–H groups in total. The van der Waals surface area contributed by atoms with E-state index in [2.05, 4.69) is 20.8 Å². The van der Waals surface area contributed by atoms with Gasteiger partial charge in [0.1, 0.15) is 0 Å². The first-order valence-corrected chi connectivity index (χ1v) is 14.4. The molecule has 1 amide bonds. The number of nitrogens with zero attached hydrogens (tertiary/aromatic N) is 1. The fourth-order valence-corrected chi connectivity index (χ4v) is 9.65. The van der Waals surface area contributed by atoms with E-state index < -0.39 is 0 Å². The van der Waals surface area contributed by atoms with Gasteiger partial charge in [-0.3, -0.25) is 4.79 Å². The third-order valence-electron chi connectivity index (χ3n) is 11.9. The standard InChI is InChI=1S/C31H47NO4/c1-19(10-13-28(36)32(4)21-8-6-5-7-9-21)23-11-12-24-29-25(18-27(35)31(23,24)3)30(2)15-14-22(33)16-20(30)17-26(29)34/h5-9,19-20,22-27,29,33-35H,10-18H2,1-4H3/t19-,20+,22-,23-,24+,25?,26-,27+,29+,30+,31-/m1/s1. The molecule has 1 unspecified atom stereocenters. The highest BCUT2D eigenvalue weighted by molar-refractivity contribution is 5.92. The van der Waals surface area contributed by atoms with Crippen LogP contribution in [-0.4, -0.2) is 46.6 Å². The van der Waals surface area contributed by atoms with Crippen LogP contribution in [0.25, 0.3) is 0 Å². The largest absolute Gasteiger partial charge is 0.393 e. The summed E-state index contributed by atoms with van der Waals surface area (Å²) in [6.07, 6.45) is 6.68. The van der Waals surface area contributed by atoms with Gasteiger partial charge in [-0.25, -0.2) is 0 Å². The molecule has 5 heteroatoms. The first-order chi connectivity index (χ1) is 17.1. The van der Waals surface area contributed by atoms with E-state index in [1.165, 1.54) is 0 Å². The van der Waals surface area contributed by atoms with Crippen molar-refractivity contribution >= 4 is 11.6 Å². The van der Waals surface area contributed by atoms with Crippen molar-refractivity contribution in [2.75, 3.05) is 11.9 Å². The van der Waals surface area contributed by atoms with Crippen LogP contribution < -0.4 is 4.90 Å². The number of aliphatic hydroxyl groups excluding tert-OH is 3. The quantitative estimate of drug-likeness (QED) is 0.533. The third kappa shape index (κ3) is 4.14. The minimum Gasteiger partial charge on any atom is -0.393 e. The molecule has 200 valence electrons. The predicted octanol–water partition coefficient (Wildman–Crippen LogP) is 5.03. The van der Waals surface area contributed by atoms with Crippen LogP contribution in [0.2, 0.25) is 0 Å². The first kappa shape index (κ1) is 26.2. The van der Waals surface area contributed by atoms with Crippen LogP contribution in [0.5, 0.6) is 0 Å². The molecule has 0 spiro atoms. The third-order valence-corrected chi connectivity index (χ3v) is 11.9. The Kier molecular flexibility index (Phi) is 7.06. The molecule has 4 aliphatic carbocycles. The van der Waals surface area contributed by atoms with E-state index in [0.717, 1.165) is 57.1 Å². The number of carbonyl (C=O) groups excluding carboxylic acids is 1. The van der Waals surface area contributed by atoms with Crippen molar-refractivity contribution in [1.29, 1.82) is 0 Å². The monoisotopic (exact) mass is 497 g/mol.